The lowest BCUT2D eigenvalue weighted by molar-refractivity contribution is 0.174. The predicted octanol–water partition coefficient (Wildman–Crippen LogP) is 0.470. The first-order chi connectivity index (χ1) is 6.79. The third kappa shape index (κ3) is 1.96. The quantitative estimate of drug-likeness (QED) is 0.762. The molecule has 4 nitrogen and oxygen atoms in total. The van der Waals surface area contributed by atoms with Gasteiger partial charge >= 0.3 is 0 Å². The van der Waals surface area contributed by atoms with Crippen molar-refractivity contribution in [3.63, 3.8) is 0 Å². The number of aliphatic hydroxyl groups excluding tert-OH is 1. The van der Waals surface area contributed by atoms with Crippen molar-refractivity contribution in [1.82, 2.24) is 14.7 Å². The highest BCUT2D eigenvalue weighted by molar-refractivity contribution is 5.01. The highest BCUT2D eigenvalue weighted by atomic mass is 16.3. The zero-order valence-corrected chi connectivity index (χ0v) is 8.56. The van der Waals surface area contributed by atoms with Crippen LogP contribution in [-0.2, 0) is 13.1 Å². The minimum atomic E-state index is -0.131. The average Bonchev–Trinajstić information content (AvgIpc) is 2.76. The Balaban J connectivity index is 1.97. The average molecular weight is 195 g/mol. The number of hydrogen-bond donors (Lipinski definition) is 1. The zero-order chi connectivity index (χ0) is 9.97. The number of rotatable bonds is 3. The molecular weight excluding hydrogens is 178 g/mol. The van der Waals surface area contributed by atoms with Crippen molar-refractivity contribution in [2.45, 2.75) is 32.5 Å². The molecule has 0 saturated carbocycles. The fourth-order valence-electron chi connectivity index (χ4n) is 1.96. The Bertz CT molecular complexity index is 297. The summed E-state index contributed by atoms with van der Waals surface area (Å²) in [7, 11) is 0. The molecule has 1 aromatic rings. The maximum Gasteiger partial charge on any atom is 0.0679 e. The molecule has 0 unspecified atom stereocenters. The van der Waals surface area contributed by atoms with Gasteiger partial charge in [-0.05, 0) is 19.4 Å². The van der Waals surface area contributed by atoms with Crippen LogP contribution in [0.2, 0.25) is 0 Å². The van der Waals surface area contributed by atoms with Crippen LogP contribution in [0.25, 0.3) is 0 Å². The van der Waals surface area contributed by atoms with E-state index in [0.29, 0.717) is 0 Å². The van der Waals surface area contributed by atoms with E-state index in [4.69, 9.17) is 0 Å². The predicted molar refractivity (Wildman–Crippen MR) is 53.8 cm³/mol. The van der Waals surface area contributed by atoms with Crippen molar-refractivity contribution in [2.24, 2.45) is 0 Å². The summed E-state index contributed by atoms with van der Waals surface area (Å²) in [6.45, 7) is 5.71. The monoisotopic (exact) mass is 195 g/mol. The molecule has 0 aromatic carbocycles. The normalized spacial score (nSPS) is 23.1. The van der Waals surface area contributed by atoms with Gasteiger partial charge in [0, 0.05) is 32.4 Å². The number of β-amino-alcohol motifs (C(OH)–C–C–N with tert-alkyl or cyclic N) is 1. The van der Waals surface area contributed by atoms with Crippen molar-refractivity contribution in [2.75, 3.05) is 13.1 Å². The largest absolute Gasteiger partial charge is 0.392 e. The van der Waals surface area contributed by atoms with Crippen molar-refractivity contribution in [3.8, 4) is 0 Å². The lowest BCUT2D eigenvalue weighted by Gasteiger charge is -2.15. The van der Waals surface area contributed by atoms with E-state index in [9.17, 15) is 5.11 Å². The topological polar surface area (TPSA) is 41.3 Å². The summed E-state index contributed by atoms with van der Waals surface area (Å²) >= 11 is 0. The Hall–Kier alpha value is -0.870. The molecule has 2 rings (SSSR count). The van der Waals surface area contributed by atoms with Crippen molar-refractivity contribution >= 4 is 0 Å². The summed E-state index contributed by atoms with van der Waals surface area (Å²) in [5.74, 6) is 0. The smallest absolute Gasteiger partial charge is 0.0679 e. The van der Waals surface area contributed by atoms with Gasteiger partial charge in [-0.1, -0.05) is 0 Å². The highest BCUT2D eigenvalue weighted by Crippen LogP contribution is 2.12. The van der Waals surface area contributed by atoms with Gasteiger partial charge in [-0.2, -0.15) is 5.10 Å². The molecule has 2 heterocycles. The maximum absolute atomic E-state index is 9.39. The first kappa shape index (κ1) is 9.68. The second-order valence-electron chi connectivity index (χ2n) is 3.82. The highest BCUT2D eigenvalue weighted by Gasteiger charge is 2.20. The molecule has 1 N–H and O–H groups in total. The van der Waals surface area contributed by atoms with E-state index < -0.39 is 0 Å². The van der Waals surface area contributed by atoms with Gasteiger partial charge in [0.25, 0.3) is 0 Å². The van der Waals surface area contributed by atoms with Gasteiger partial charge in [-0.3, -0.25) is 9.58 Å². The van der Waals surface area contributed by atoms with E-state index in [1.807, 2.05) is 16.9 Å². The van der Waals surface area contributed by atoms with Crippen LogP contribution >= 0.6 is 0 Å². The molecule has 1 atom stereocenters. The first-order valence-electron chi connectivity index (χ1n) is 5.20. The minimum absolute atomic E-state index is 0.131. The Kier molecular flexibility index (Phi) is 2.84. The summed E-state index contributed by atoms with van der Waals surface area (Å²) in [4.78, 5) is 2.27. The fourth-order valence-corrected chi connectivity index (χ4v) is 1.96. The van der Waals surface area contributed by atoms with Crippen LogP contribution in [0.5, 0.6) is 0 Å². The molecule has 1 fully saturated rings. The number of aromatic nitrogens is 2. The SMILES string of the molecule is CCn1nccc1CN1CC[C@H](O)C1. The third-order valence-corrected chi connectivity index (χ3v) is 2.74. The molecule has 1 aromatic heterocycles. The van der Waals surface area contributed by atoms with Gasteiger partial charge in [-0.25, -0.2) is 0 Å². The van der Waals surface area contributed by atoms with Gasteiger partial charge in [0.05, 0.1) is 11.8 Å². The molecule has 0 spiro atoms. The Morgan fingerprint density at radius 1 is 1.64 bits per heavy atom. The summed E-state index contributed by atoms with van der Waals surface area (Å²) in [5, 5.41) is 13.6. The molecule has 0 amide bonds. The van der Waals surface area contributed by atoms with Gasteiger partial charge in [0.15, 0.2) is 0 Å². The number of aryl methyl sites for hydroxylation is 1. The summed E-state index contributed by atoms with van der Waals surface area (Å²) < 4.78 is 2.00. The number of hydrogen-bond acceptors (Lipinski definition) is 3. The zero-order valence-electron chi connectivity index (χ0n) is 8.56. The summed E-state index contributed by atoms with van der Waals surface area (Å²) in [5.41, 5.74) is 1.24. The maximum atomic E-state index is 9.39. The number of likely N-dealkylation sites (tertiary alicyclic amines) is 1. The van der Waals surface area contributed by atoms with E-state index in [0.717, 1.165) is 32.6 Å². The van der Waals surface area contributed by atoms with Crippen LogP contribution in [0.3, 0.4) is 0 Å². The molecule has 78 valence electrons. The number of nitrogens with zero attached hydrogens (tertiary/aromatic N) is 3. The molecule has 4 heteroatoms. The molecule has 1 aliphatic heterocycles. The van der Waals surface area contributed by atoms with Gasteiger partial charge in [-0.15, -0.1) is 0 Å². The van der Waals surface area contributed by atoms with Gasteiger partial charge in [0.1, 0.15) is 0 Å². The van der Waals surface area contributed by atoms with E-state index in [-0.39, 0.29) is 6.10 Å². The number of aliphatic hydroxyl groups is 1. The van der Waals surface area contributed by atoms with Crippen LogP contribution < -0.4 is 0 Å². The molecule has 0 radical (unpaired) electrons. The molecule has 14 heavy (non-hydrogen) atoms. The summed E-state index contributed by atoms with van der Waals surface area (Å²) in [6.07, 6.45) is 2.61. The molecular formula is C10H17N3O. The second kappa shape index (κ2) is 4.11. The third-order valence-electron chi connectivity index (χ3n) is 2.74. The van der Waals surface area contributed by atoms with Crippen LogP contribution in [0.4, 0.5) is 0 Å². The standard InChI is InChI=1S/C10H17N3O/c1-2-13-9(3-5-11-13)7-12-6-4-10(14)8-12/h3,5,10,14H,2,4,6-8H2,1H3/t10-/m0/s1. The molecule has 1 aliphatic rings. The second-order valence-corrected chi connectivity index (χ2v) is 3.82. The molecule has 0 aliphatic carbocycles. The van der Waals surface area contributed by atoms with Gasteiger partial charge in [0.2, 0.25) is 0 Å². The molecule has 1 saturated heterocycles. The van der Waals surface area contributed by atoms with Crippen molar-refractivity contribution in [1.29, 1.82) is 0 Å². The van der Waals surface area contributed by atoms with Crippen LogP contribution in [-0.4, -0.2) is 39.0 Å². The van der Waals surface area contributed by atoms with E-state index in [1.54, 1.807) is 0 Å². The van der Waals surface area contributed by atoms with Crippen molar-refractivity contribution in [3.05, 3.63) is 18.0 Å². The molecule has 0 bridgehead atoms. The van der Waals surface area contributed by atoms with Crippen molar-refractivity contribution < 1.29 is 5.11 Å². The Morgan fingerprint density at radius 2 is 2.50 bits per heavy atom. The van der Waals surface area contributed by atoms with Gasteiger partial charge < -0.3 is 5.11 Å². The van der Waals surface area contributed by atoms with E-state index in [1.165, 1.54) is 5.69 Å². The Morgan fingerprint density at radius 3 is 3.14 bits per heavy atom. The lowest BCUT2D eigenvalue weighted by atomic mass is 10.3. The van der Waals surface area contributed by atoms with Crippen LogP contribution in [0.1, 0.15) is 19.0 Å². The lowest BCUT2D eigenvalue weighted by Crippen LogP contribution is -2.23. The minimum Gasteiger partial charge on any atom is -0.392 e. The van der Waals surface area contributed by atoms with E-state index in [2.05, 4.69) is 16.9 Å². The van der Waals surface area contributed by atoms with Crippen LogP contribution in [0, 0.1) is 0 Å². The fraction of sp³-hybridized carbons (Fsp3) is 0.700. The summed E-state index contributed by atoms with van der Waals surface area (Å²) in [6, 6.07) is 2.05. The van der Waals surface area contributed by atoms with Crippen LogP contribution in [0.15, 0.2) is 12.3 Å². The Labute approximate surface area is 84.1 Å². The first-order valence-corrected chi connectivity index (χ1v) is 5.20. The van der Waals surface area contributed by atoms with E-state index >= 15 is 0 Å².